The second kappa shape index (κ2) is 10.1. The molecule has 3 rings (SSSR count). The molecule has 32 heavy (non-hydrogen) atoms. The van der Waals surface area contributed by atoms with Gasteiger partial charge in [0.2, 0.25) is 5.95 Å². The SMILES string of the molecule is COC(=O)c1c(NC(=S)Nc2ncn(Cc3ccccc3Cl)n2)sc(C(=O)N(C)C)c1C. The van der Waals surface area contributed by atoms with Crippen LogP contribution in [0.5, 0.6) is 0 Å². The van der Waals surface area contributed by atoms with Crippen LogP contribution >= 0.6 is 35.2 Å². The van der Waals surface area contributed by atoms with E-state index in [0.29, 0.717) is 27.0 Å². The van der Waals surface area contributed by atoms with Crippen LogP contribution in [-0.4, -0.2) is 57.9 Å². The molecule has 0 unspecified atom stereocenters. The van der Waals surface area contributed by atoms with Crippen LogP contribution < -0.4 is 10.6 Å². The van der Waals surface area contributed by atoms with Crippen molar-refractivity contribution in [2.45, 2.75) is 13.5 Å². The monoisotopic (exact) mass is 492 g/mol. The quantitative estimate of drug-likeness (QED) is 0.397. The van der Waals surface area contributed by atoms with E-state index in [1.807, 2.05) is 24.3 Å². The molecule has 1 amide bonds. The molecule has 0 aliphatic rings. The van der Waals surface area contributed by atoms with Crippen molar-refractivity contribution >= 4 is 63.1 Å². The van der Waals surface area contributed by atoms with Crippen molar-refractivity contribution in [3.05, 3.63) is 57.2 Å². The van der Waals surface area contributed by atoms with Crippen LogP contribution in [0.15, 0.2) is 30.6 Å². The Labute approximate surface area is 199 Å². The summed E-state index contributed by atoms with van der Waals surface area (Å²) in [6.45, 7) is 2.14. The van der Waals surface area contributed by atoms with Crippen LogP contribution in [0.2, 0.25) is 5.02 Å². The highest BCUT2D eigenvalue weighted by atomic mass is 35.5. The normalized spacial score (nSPS) is 10.5. The maximum absolute atomic E-state index is 12.5. The van der Waals surface area contributed by atoms with Gasteiger partial charge in [0.15, 0.2) is 5.11 Å². The number of hydrogen-bond donors (Lipinski definition) is 2. The number of ether oxygens (including phenoxy) is 1. The van der Waals surface area contributed by atoms with Gasteiger partial charge < -0.3 is 15.0 Å². The highest BCUT2D eigenvalue weighted by Crippen LogP contribution is 2.34. The van der Waals surface area contributed by atoms with Gasteiger partial charge in [0, 0.05) is 19.1 Å². The lowest BCUT2D eigenvalue weighted by molar-refractivity contribution is 0.0601. The lowest BCUT2D eigenvalue weighted by Gasteiger charge is -2.08. The van der Waals surface area contributed by atoms with E-state index in [-0.39, 0.29) is 22.5 Å². The first-order chi connectivity index (χ1) is 15.2. The molecule has 0 fully saturated rings. The zero-order valence-electron chi connectivity index (χ0n) is 17.8. The lowest BCUT2D eigenvalue weighted by atomic mass is 10.1. The maximum Gasteiger partial charge on any atom is 0.341 e. The number of esters is 1. The second-order valence-electron chi connectivity index (χ2n) is 6.89. The molecule has 0 aliphatic carbocycles. The van der Waals surface area contributed by atoms with Gasteiger partial charge in [-0.15, -0.1) is 16.4 Å². The molecular formula is C20H21ClN6O3S2. The van der Waals surface area contributed by atoms with Crippen molar-refractivity contribution in [3.63, 3.8) is 0 Å². The molecule has 0 aliphatic heterocycles. The predicted molar refractivity (Wildman–Crippen MR) is 129 cm³/mol. The van der Waals surface area contributed by atoms with Gasteiger partial charge in [-0.3, -0.25) is 10.1 Å². The predicted octanol–water partition coefficient (Wildman–Crippen LogP) is 3.65. The summed E-state index contributed by atoms with van der Waals surface area (Å²) in [5, 5.41) is 11.4. The molecule has 0 spiro atoms. The Balaban J connectivity index is 1.75. The van der Waals surface area contributed by atoms with Gasteiger partial charge in [-0.1, -0.05) is 29.8 Å². The standard InChI is InChI=1S/C20H21ClN6O3S2/c1-11-14(18(29)30-4)16(32-15(11)17(28)26(2)3)23-20(31)24-19-22-10-27(25-19)9-12-7-5-6-8-13(12)21/h5-8,10H,9H2,1-4H3,(H2,23,24,25,31). The number of nitrogens with zero attached hydrogens (tertiary/aromatic N) is 4. The number of aromatic nitrogens is 3. The number of methoxy groups -OCH3 is 1. The molecule has 168 valence electrons. The smallest absolute Gasteiger partial charge is 0.341 e. The molecule has 2 N–H and O–H groups in total. The van der Waals surface area contributed by atoms with E-state index >= 15 is 0 Å². The number of hydrogen-bond acceptors (Lipinski definition) is 7. The van der Waals surface area contributed by atoms with Crippen molar-refractivity contribution in [1.29, 1.82) is 0 Å². The van der Waals surface area contributed by atoms with E-state index in [2.05, 4.69) is 20.7 Å². The Bertz CT molecular complexity index is 1170. The molecule has 0 saturated heterocycles. The third-order valence-electron chi connectivity index (χ3n) is 4.42. The van der Waals surface area contributed by atoms with E-state index in [4.69, 9.17) is 28.6 Å². The lowest BCUT2D eigenvalue weighted by Crippen LogP contribution is -2.21. The number of nitrogens with one attached hydrogen (secondary N) is 2. The zero-order valence-corrected chi connectivity index (χ0v) is 20.2. The van der Waals surface area contributed by atoms with Gasteiger partial charge in [-0.2, -0.15) is 0 Å². The average molecular weight is 493 g/mol. The second-order valence-corrected chi connectivity index (χ2v) is 8.72. The van der Waals surface area contributed by atoms with Crippen LogP contribution in [0.3, 0.4) is 0 Å². The van der Waals surface area contributed by atoms with Crippen molar-refractivity contribution < 1.29 is 14.3 Å². The van der Waals surface area contributed by atoms with Crippen LogP contribution in [-0.2, 0) is 11.3 Å². The van der Waals surface area contributed by atoms with Crippen LogP contribution in [0.1, 0.15) is 31.2 Å². The summed E-state index contributed by atoms with van der Waals surface area (Å²) < 4.78 is 6.50. The van der Waals surface area contributed by atoms with E-state index in [1.165, 1.54) is 12.0 Å². The first kappa shape index (κ1) is 23.6. The van der Waals surface area contributed by atoms with Crippen LogP contribution in [0.25, 0.3) is 0 Å². The summed E-state index contributed by atoms with van der Waals surface area (Å²) in [5.41, 5.74) is 1.68. The number of anilines is 2. The number of rotatable bonds is 6. The van der Waals surface area contributed by atoms with Crippen LogP contribution in [0, 0.1) is 6.92 Å². The largest absolute Gasteiger partial charge is 0.465 e. The average Bonchev–Trinajstić information content (AvgIpc) is 3.32. The summed E-state index contributed by atoms with van der Waals surface area (Å²) in [4.78, 5) is 30.8. The number of halogens is 1. The first-order valence-corrected chi connectivity index (χ1v) is 11.0. The topological polar surface area (TPSA) is 101 Å². The molecule has 0 saturated carbocycles. The van der Waals surface area contributed by atoms with Crippen molar-refractivity contribution in [2.24, 2.45) is 0 Å². The Morgan fingerprint density at radius 1 is 1.28 bits per heavy atom. The van der Waals surface area contributed by atoms with Gasteiger partial charge in [0.25, 0.3) is 5.91 Å². The first-order valence-electron chi connectivity index (χ1n) is 9.35. The molecule has 2 heterocycles. The van der Waals surface area contributed by atoms with Gasteiger partial charge in [-0.05, 0) is 36.3 Å². The summed E-state index contributed by atoms with van der Waals surface area (Å²) in [7, 11) is 4.56. The fourth-order valence-electron chi connectivity index (χ4n) is 2.82. The molecule has 1 aromatic carbocycles. The number of carbonyl (C=O) groups is 2. The zero-order chi connectivity index (χ0) is 23.4. The molecule has 0 atom stereocenters. The summed E-state index contributed by atoms with van der Waals surface area (Å²) in [6, 6.07) is 7.47. The molecular weight excluding hydrogens is 472 g/mol. The Hall–Kier alpha value is -3.02. The highest BCUT2D eigenvalue weighted by Gasteiger charge is 2.26. The fourth-order valence-corrected chi connectivity index (χ4v) is 4.50. The third-order valence-corrected chi connectivity index (χ3v) is 6.18. The van der Waals surface area contributed by atoms with Gasteiger partial charge in [0.1, 0.15) is 11.3 Å². The molecule has 0 bridgehead atoms. The number of carbonyl (C=O) groups excluding carboxylic acids is 2. The summed E-state index contributed by atoms with van der Waals surface area (Å²) in [5.74, 6) is -0.513. The Kier molecular flexibility index (Phi) is 7.44. The van der Waals surface area contributed by atoms with Crippen molar-refractivity contribution in [2.75, 3.05) is 31.8 Å². The van der Waals surface area contributed by atoms with Crippen LogP contribution in [0.4, 0.5) is 10.9 Å². The van der Waals surface area contributed by atoms with Gasteiger partial charge >= 0.3 is 5.97 Å². The summed E-state index contributed by atoms with van der Waals surface area (Å²) >= 11 is 12.7. The molecule has 2 aromatic heterocycles. The van der Waals surface area contributed by atoms with Gasteiger partial charge in [-0.25, -0.2) is 14.5 Å². The van der Waals surface area contributed by atoms with E-state index in [9.17, 15) is 9.59 Å². The minimum atomic E-state index is -0.566. The fraction of sp³-hybridized carbons (Fsp3) is 0.250. The summed E-state index contributed by atoms with van der Waals surface area (Å²) in [6.07, 6.45) is 1.55. The highest BCUT2D eigenvalue weighted by molar-refractivity contribution is 7.80. The maximum atomic E-state index is 12.5. The Morgan fingerprint density at radius 3 is 2.66 bits per heavy atom. The number of benzene rings is 1. The van der Waals surface area contributed by atoms with E-state index in [1.54, 1.807) is 32.0 Å². The molecule has 12 heteroatoms. The Morgan fingerprint density at radius 2 is 2.00 bits per heavy atom. The van der Waals surface area contributed by atoms with E-state index < -0.39 is 5.97 Å². The number of thiocarbonyl (C=S) groups is 1. The van der Waals surface area contributed by atoms with Crippen molar-refractivity contribution in [3.8, 4) is 0 Å². The van der Waals surface area contributed by atoms with Crippen molar-refractivity contribution in [1.82, 2.24) is 19.7 Å². The minimum Gasteiger partial charge on any atom is -0.465 e. The molecule has 9 nitrogen and oxygen atoms in total. The molecule has 3 aromatic rings. The number of amides is 1. The number of thiophene rings is 1. The minimum absolute atomic E-state index is 0.163. The van der Waals surface area contributed by atoms with E-state index in [0.717, 1.165) is 16.9 Å². The van der Waals surface area contributed by atoms with Gasteiger partial charge in [0.05, 0.1) is 24.1 Å². The third kappa shape index (κ3) is 5.23. The molecule has 0 radical (unpaired) electrons.